The van der Waals surface area contributed by atoms with E-state index in [-0.39, 0.29) is 11.7 Å². The normalized spacial score (nSPS) is 12.3. The van der Waals surface area contributed by atoms with E-state index in [1.807, 2.05) is 6.92 Å². The molecule has 5 nitrogen and oxygen atoms in total. The van der Waals surface area contributed by atoms with Gasteiger partial charge in [-0.2, -0.15) is 13.9 Å². The van der Waals surface area contributed by atoms with Crippen molar-refractivity contribution < 1.29 is 18.3 Å². The van der Waals surface area contributed by atoms with E-state index < -0.39 is 12.7 Å². The summed E-state index contributed by atoms with van der Waals surface area (Å²) in [6.45, 7) is 2.40. The van der Waals surface area contributed by atoms with Crippen LogP contribution in [0.2, 0.25) is 0 Å². The Bertz CT molecular complexity index is 719. The molecule has 0 aliphatic carbocycles. The lowest BCUT2D eigenvalue weighted by molar-refractivity contribution is -0.119. The summed E-state index contributed by atoms with van der Waals surface area (Å²) in [5.41, 5.74) is 2.00. The minimum Gasteiger partial charge on any atom is -0.435 e. The van der Waals surface area contributed by atoms with E-state index in [0.717, 1.165) is 10.2 Å². The van der Waals surface area contributed by atoms with Crippen LogP contribution in [0, 0.1) is 13.8 Å². The molecule has 0 aliphatic heterocycles. The molecule has 1 N–H and O–H groups in total. The van der Waals surface area contributed by atoms with Gasteiger partial charge in [-0.15, -0.1) is 0 Å². The predicted octanol–water partition coefficient (Wildman–Crippen LogP) is 4.06. The van der Waals surface area contributed by atoms with Gasteiger partial charge >= 0.3 is 6.61 Å². The number of halogens is 3. The highest BCUT2D eigenvalue weighted by Gasteiger charge is 2.19. The van der Waals surface area contributed by atoms with Gasteiger partial charge in [-0.05, 0) is 60.5 Å². The van der Waals surface area contributed by atoms with Gasteiger partial charge in [-0.3, -0.25) is 9.48 Å². The van der Waals surface area contributed by atoms with E-state index in [4.69, 9.17) is 0 Å². The Hall–Kier alpha value is -1.96. The van der Waals surface area contributed by atoms with Crippen molar-refractivity contribution in [3.05, 3.63) is 40.1 Å². The number of ether oxygens (including phenoxy) is 1. The predicted molar refractivity (Wildman–Crippen MR) is 85.8 cm³/mol. The summed E-state index contributed by atoms with van der Waals surface area (Å²) >= 11 is 3.35. The summed E-state index contributed by atoms with van der Waals surface area (Å²) in [7, 11) is 0. The molecule has 2 aromatic rings. The molecule has 0 aliphatic rings. The van der Waals surface area contributed by atoms with E-state index in [1.165, 1.54) is 18.2 Å². The third kappa shape index (κ3) is 4.07. The molecule has 0 bridgehead atoms. The van der Waals surface area contributed by atoms with Crippen LogP contribution in [0.1, 0.15) is 24.2 Å². The molecule has 0 saturated carbocycles. The number of aryl methyl sites for hydroxylation is 1. The number of nitrogens with zero attached hydrogens (tertiary/aromatic N) is 2. The number of anilines is 1. The topological polar surface area (TPSA) is 56.1 Å². The molecule has 1 aromatic heterocycles. The zero-order chi connectivity index (χ0) is 17.1. The highest BCUT2D eigenvalue weighted by molar-refractivity contribution is 9.10. The maximum atomic E-state index is 12.4. The molecule has 0 radical (unpaired) electrons. The summed E-state index contributed by atoms with van der Waals surface area (Å²) in [6.07, 6.45) is 1.63. The van der Waals surface area contributed by atoms with Gasteiger partial charge in [-0.25, -0.2) is 0 Å². The van der Waals surface area contributed by atoms with Crippen LogP contribution >= 0.6 is 15.9 Å². The van der Waals surface area contributed by atoms with Gasteiger partial charge in [0, 0.05) is 5.69 Å². The van der Waals surface area contributed by atoms with Crippen molar-refractivity contribution in [2.45, 2.75) is 33.4 Å². The van der Waals surface area contributed by atoms with Crippen LogP contribution < -0.4 is 10.1 Å². The van der Waals surface area contributed by atoms with E-state index in [0.29, 0.717) is 11.3 Å². The maximum absolute atomic E-state index is 12.4. The molecule has 8 heteroatoms. The lowest BCUT2D eigenvalue weighted by Gasteiger charge is -2.16. The molecule has 124 valence electrons. The van der Waals surface area contributed by atoms with Gasteiger partial charge in [-0.1, -0.05) is 0 Å². The Balaban J connectivity index is 2.12. The van der Waals surface area contributed by atoms with E-state index in [1.54, 1.807) is 24.7 Å². The van der Waals surface area contributed by atoms with Gasteiger partial charge in [0.15, 0.2) is 0 Å². The molecule has 1 amide bonds. The van der Waals surface area contributed by atoms with Crippen LogP contribution in [0.15, 0.2) is 28.9 Å². The Morgan fingerprint density at radius 3 is 2.61 bits per heavy atom. The van der Waals surface area contributed by atoms with Gasteiger partial charge in [0.05, 0.1) is 16.4 Å². The highest BCUT2D eigenvalue weighted by atomic mass is 79.9. The second-order valence-electron chi connectivity index (χ2n) is 5.04. The minimum atomic E-state index is -2.88. The Kier molecular flexibility index (Phi) is 5.35. The third-order valence-electron chi connectivity index (χ3n) is 3.41. The zero-order valence-corrected chi connectivity index (χ0v) is 14.4. The first kappa shape index (κ1) is 17.4. The fourth-order valence-corrected chi connectivity index (χ4v) is 2.37. The fraction of sp³-hybridized carbons (Fsp3) is 0.333. The van der Waals surface area contributed by atoms with Gasteiger partial charge in [0.2, 0.25) is 5.91 Å². The smallest absolute Gasteiger partial charge is 0.387 e. The monoisotopic (exact) mass is 387 g/mol. The van der Waals surface area contributed by atoms with Crippen LogP contribution in [0.5, 0.6) is 5.75 Å². The fourth-order valence-electron chi connectivity index (χ4n) is 2.09. The molecule has 1 unspecified atom stereocenters. The Labute approximate surface area is 140 Å². The van der Waals surface area contributed by atoms with Crippen LogP contribution in [0.3, 0.4) is 0 Å². The first-order valence-electron chi connectivity index (χ1n) is 6.85. The number of carbonyl (C=O) groups is 1. The Morgan fingerprint density at radius 2 is 2.09 bits per heavy atom. The van der Waals surface area contributed by atoms with Crippen molar-refractivity contribution >= 4 is 27.5 Å². The van der Waals surface area contributed by atoms with Gasteiger partial charge in [0.25, 0.3) is 0 Å². The van der Waals surface area contributed by atoms with Gasteiger partial charge in [0.1, 0.15) is 11.8 Å². The van der Waals surface area contributed by atoms with Crippen LogP contribution in [-0.2, 0) is 4.79 Å². The van der Waals surface area contributed by atoms with Crippen LogP contribution in [-0.4, -0.2) is 22.3 Å². The average Bonchev–Trinajstić information content (AvgIpc) is 2.80. The summed E-state index contributed by atoms with van der Waals surface area (Å²) in [5.74, 6) is -0.204. The molecule has 1 aromatic carbocycles. The molecule has 2 rings (SSSR count). The number of rotatable bonds is 5. The number of amides is 1. The Morgan fingerprint density at radius 1 is 1.39 bits per heavy atom. The summed E-state index contributed by atoms with van der Waals surface area (Å²) < 4.78 is 31.1. The molecule has 23 heavy (non-hydrogen) atoms. The number of aromatic nitrogens is 2. The number of hydrogen-bond acceptors (Lipinski definition) is 3. The molecule has 1 atom stereocenters. The van der Waals surface area contributed by atoms with E-state index >= 15 is 0 Å². The summed E-state index contributed by atoms with van der Waals surface area (Å²) in [4.78, 5) is 12.4. The molecule has 0 spiro atoms. The van der Waals surface area contributed by atoms with E-state index in [2.05, 4.69) is 31.1 Å². The third-order valence-corrected chi connectivity index (χ3v) is 4.19. The van der Waals surface area contributed by atoms with Crippen molar-refractivity contribution in [2.24, 2.45) is 0 Å². The first-order valence-corrected chi connectivity index (χ1v) is 7.65. The zero-order valence-electron chi connectivity index (χ0n) is 12.8. The molecule has 1 heterocycles. The van der Waals surface area contributed by atoms with Crippen molar-refractivity contribution in [2.75, 3.05) is 5.32 Å². The first-order chi connectivity index (χ1) is 10.8. The second kappa shape index (κ2) is 7.08. The number of benzene rings is 1. The summed E-state index contributed by atoms with van der Waals surface area (Å²) in [5, 5.41) is 6.92. The van der Waals surface area contributed by atoms with Crippen molar-refractivity contribution in [1.82, 2.24) is 9.78 Å². The molecule has 0 fully saturated rings. The number of nitrogens with one attached hydrogen (secondary N) is 1. The SMILES string of the molecule is Cc1cc(OC(F)F)ccc1NC(=O)C(C)n1ncc(Br)c1C. The summed E-state index contributed by atoms with van der Waals surface area (Å²) in [6, 6.07) is 3.85. The molecular formula is C15H16BrF2N3O2. The van der Waals surface area contributed by atoms with Gasteiger partial charge < -0.3 is 10.1 Å². The van der Waals surface area contributed by atoms with E-state index in [9.17, 15) is 13.6 Å². The molecular weight excluding hydrogens is 372 g/mol. The van der Waals surface area contributed by atoms with Crippen molar-refractivity contribution in [3.8, 4) is 5.75 Å². The minimum absolute atomic E-state index is 0.0513. The standard InChI is InChI=1S/C15H16BrF2N3O2/c1-8-6-11(23-15(17)18)4-5-13(8)20-14(22)10(3)21-9(2)12(16)7-19-21/h4-7,10,15H,1-3H3,(H,20,22). The number of carbonyl (C=O) groups excluding carboxylic acids is 1. The second-order valence-corrected chi connectivity index (χ2v) is 5.90. The van der Waals surface area contributed by atoms with Crippen molar-refractivity contribution in [1.29, 1.82) is 0 Å². The lowest BCUT2D eigenvalue weighted by atomic mass is 10.2. The number of alkyl halides is 2. The quantitative estimate of drug-likeness (QED) is 0.841. The number of hydrogen-bond donors (Lipinski definition) is 1. The maximum Gasteiger partial charge on any atom is 0.387 e. The van der Waals surface area contributed by atoms with Crippen molar-refractivity contribution in [3.63, 3.8) is 0 Å². The molecule has 0 saturated heterocycles. The largest absolute Gasteiger partial charge is 0.435 e. The lowest BCUT2D eigenvalue weighted by Crippen LogP contribution is -2.25. The van der Waals surface area contributed by atoms with Crippen LogP contribution in [0.25, 0.3) is 0 Å². The highest BCUT2D eigenvalue weighted by Crippen LogP contribution is 2.24. The average molecular weight is 388 g/mol. The van der Waals surface area contributed by atoms with Crippen LogP contribution in [0.4, 0.5) is 14.5 Å².